The summed E-state index contributed by atoms with van der Waals surface area (Å²) < 4.78 is 5.53. The smallest absolute Gasteiger partial charge is 0.260 e. The standard InChI is InChI=1S/C30H26ClN5O4/c1-18-15-34-28(16-33-18)35-29(38)24-8-6-19(11-27(24)40-2)17-36-25(14-22-5-3-4-10-32-22)26(37)13-20-12-21(31)7-9-23(20)30(36)39/h3-12,15-16,25H,13-14,17H2,1-2H3,(H,34,35,38)/t25-/m1/s1. The van der Waals surface area contributed by atoms with Crippen LogP contribution in [-0.2, 0) is 24.2 Å². The van der Waals surface area contributed by atoms with Gasteiger partial charge in [0.05, 0.1) is 36.8 Å². The number of aromatic nitrogens is 3. The van der Waals surface area contributed by atoms with Crippen LogP contribution in [0.5, 0.6) is 5.75 Å². The van der Waals surface area contributed by atoms with E-state index in [1.54, 1.807) is 66.7 Å². The lowest BCUT2D eigenvalue weighted by Gasteiger charge is -2.29. The van der Waals surface area contributed by atoms with Crippen molar-refractivity contribution in [2.24, 2.45) is 0 Å². The van der Waals surface area contributed by atoms with E-state index in [9.17, 15) is 14.4 Å². The second-order valence-corrected chi connectivity index (χ2v) is 9.89. The zero-order chi connectivity index (χ0) is 28.2. The van der Waals surface area contributed by atoms with E-state index < -0.39 is 11.9 Å². The normalized spacial score (nSPS) is 14.9. The molecule has 9 nitrogen and oxygen atoms in total. The first kappa shape index (κ1) is 27.0. The Morgan fingerprint density at radius 2 is 1.93 bits per heavy atom. The molecule has 0 radical (unpaired) electrons. The Balaban J connectivity index is 1.46. The van der Waals surface area contributed by atoms with Crippen molar-refractivity contribution in [2.75, 3.05) is 12.4 Å². The van der Waals surface area contributed by atoms with Crippen molar-refractivity contribution >= 4 is 35.0 Å². The Hall–Kier alpha value is -4.63. The van der Waals surface area contributed by atoms with Gasteiger partial charge >= 0.3 is 0 Å². The van der Waals surface area contributed by atoms with Gasteiger partial charge in [-0.2, -0.15) is 0 Å². The molecule has 10 heteroatoms. The molecular formula is C30H26ClN5O4. The number of aryl methyl sites for hydroxylation is 1. The van der Waals surface area contributed by atoms with E-state index in [4.69, 9.17) is 16.3 Å². The number of carbonyl (C=O) groups excluding carboxylic acids is 3. The van der Waals surface area contributed by atoms with E-state index in [1.807, 2.05) is 12.1 Å². The van der Waals surface area contributed by atoms with Crippen molar-refractivity contribution in [2.45, 2.75) is 32.4 Å². The van der Waals surface area contributed by atoms with Gasteiger partial charge in [0.25, 0.3) is 11.8 Å². The van der Waals surface area contributed by atoms with Gasteiger partial charge in [-0.25, -0.2) is 4.98 Å². The molecule has 3 heterocycles. The Labute approximate surface area is 236 Å². The molecule has 2 aromatic heterocycles. The highest BCUT2D eigenvalue weighted by Gasteiger charge is 2.36. The summed E-state index contributed by atoms with van der Waals surface area (Å²) in [5.41, 5.74) is 3.44. The molecule has 1 N–H and O–H groups in total. The lowest BCUT2D eigenvalue weighted by molar-refractivity contribution is -0.122. The molecule has 2 amide bonds. The molecule has 5 rings (SSSR count). The van der Waals surface area contributed by atoms with E-state index in [2.05, 4.69) is 20.3 Å². The van der Waals surface area contributed by atoms with Crippen molar-refractivity contribution in [1.29, 1.82) is 0 Å². The maximum absolute atomic E-state index is 13.9. The number of halogens is 1. The summed E-state index contributed by atoms with van der Waals surface area (Å²) in [5, 5.41) is 3.17. The number of ketones is 1. The molecule has 2 aromatic carbocycles. The van der Waals surface area contributed by atoms with Crippen molar-refractivity contribution in [3.8, 4) is 5.75 Å². The summed E-state index contributed by atoms with van der Waals surface area (Å²) in [6, 6.07) is 14.8. The maximum atomic E-state index is 13.9. The van der Waals surface area contributed by atoms with Crippen LogP contribution in [0, 0.1) is 6.92 Å². The van der Waals surface area contributed by atoms with Gasteiger partial charge in [-0.15, -0.1) is 0 Å². The highest BCUT2D eigenvalue weighted by atomic mass is 35.5. The van der Waals surface area contributed by atoms with Crippen molar-refractivity contribution in [1.82, 2.24) is 19.9 Å². The summed E-state index contributed by atoms with van der Waals surface area (Å²) in [6.07, 6.45) is 5.04. The van der Waals surface area contributed by atoms with Crippen LogP contribution in [0.1, 0.15) is 43.2 Å². The van der Waals surface area contributed by atoms with Gasteiger partial charge in [0.1, 0.15) is 5.75 Å². The van der Waals surface area contributed by atoms with Crippen LogP contribution in [0.15, 0.2) is 73.2 Å². The van der Waals surface area contributed by atoms with Crippen molar-refractivity contribution < 1.29 is 19.1 Å². The first-order chi connectivity index (χ1) is 19.3. The molecule has 0 aliphatic carbocycles. The summed E-state index contributed by atoms with van der Waals surface area (Å²) in [6.45, 7) is 1.92. The Kier molecular flexibility index (Phi) is 7.84. The number of Topliss-reactive ketones (excluding diaryl/α,β-unsaturated/α-hetero) is 1. The third-order valence-corrected chi connectivity index (χ3v) is 6.92. The van der Waals surface area contributed by atoms with Crippen LogP contribution < -0.4 is 10.1 Å². The van der Waals surface area contributed by atoms with E-state index >= 15 is 0 Å². The molecule has 0 spiro atoms. The van der Waals surface area contributed by atoms with Crippen molar-refractivity contribution in [3.63, 3.8) is 0 Å². The molecule has 1 atom stereocenters. The number of hydrogen-bond donors (Lipinski definition) is 1. The molecule has 4 aromatic rings. The average molecular weight is 556 g/mol. The highest BCUT2D eigenvalue weighted by molar-refractivity contribution is 6.30. The SMILES string of the molecule is COc1cc(CN2C(=O)c3ccc(Cl)cc3CC(=O)[C@H]2Cc2ccccn2)ccc1C(=O)Nc1cnc(C)cn1. The fraction of sp³-hybridized carbons (Fsp3) is 0.200. The Morgan fingerprint density at radius 3 is 2.65 bits per heavy atom. The number of anilines is 1. The van der Waals surface area contributed by atoms with Gasteiger partial charge in [0.2, 0.25) is 0 Å². The van der Waals surface area contributed by atoms with Crippen LogP contribution in [0.25, 0.3) is 0 Å². The number of nitrogens with one attached hydrogen (secondary N) is 1. The second kappa shape index (κ2) is 11.6. The number of nitrogens with zero attached hydrogens (tertiary/aromatic N) is 4. The van der Waals surface area contributed by atoms with E-state index in [0.717, 1.165) is 5.69 Å². The Morgan fingerprint density at radius 1 is 1.07 bits per heavy atom. The Bertz CT molecular complexity index is 1580. The van der Waals surface area contributed by atoms with Gasteiger partial charge in [0, 0.05) is 41.9 Å². The minimum Gasteiger partial charge on any atom is -0.496 e. The summed E-state index contributed by atoms with van der Waals surface area (Å²) in [5.74, 6) is -0.176. The predicted molar refractivity (Wildman–Crippen MR) is 149 cm³/mol. The minimum absolute atomic E-state index is 0.0833. The number of hydrogen-bond acceptors (Lipinski definition) is 7. The molecule has 0 unspecified atom stereocenters. The molecule has 0 saturated heterocycles. The maximum Gasteiger partial charge on any atom is 0.260 e. The lowest BCUT2D eigenvalue weighted by Crippen LogP contribution is -2.45. The number of amides is 2. The van der Waals surface area contributed by atoms with E-state index in [0.29, 0.717) is 39.0 Å². The summed E-state index contributed by atoms with van der Waals surface area (Å²) in [4.78, 5) is 54.6. The number of benzene rings is 2. The fourth-order valence-electron chi connectivity index (χ4n) is 4.67. The third-order valence-electron chi connectivity index (χ3n) is 6.69. The minimum atomic E-state index is -0.748. The number of methoxy groups -OCH3 is 1. The zero-order valence-electron chi connectivity index (χ0n) is 21.9. The average Bonchev–Trinajstić information content (AvgIpc) is 3.04. The predicted octanol–water partition coefficient (Wildman–Crippen LogP) is 4.47. The molecule has 1 aliphatic heterocycles. The van der Waals surface area contributed by atoms with Gasteiger partial charge in [-0.3, -0.25) is 24.4 Å². The van der Waals surface area contributed by atoms with Crippen LogP contribution in [0.4, 0.5) is 5.82 Å². The first-order valence-electron chi connectivity index (χ1n) is 12.6. The molecule has 40 heavy (non-hydrogen) atoms. The molecular weight excluding hydrogens is 530 g/mol. The number of fused-ring (bicyclic) bond motifs is 1. The molecule has 1 aliphatic rings. The molecule has 0 bridgehead atoms. The van der Waals surface area contributed by atoms with Crippen LogP contribution in [0.3, 0.4) is 0 Å². The number of ether oxygens (including phenoxy) is 1. The van der Waals surface area contributed by atoms with Gasteiger partial charge < -0.3 is 15.0 Å². The molecule has 202 valence electrons. The lowest BCUT2D eigenvalue weighted by atomic mass is 9.99. The summed E-state index contributed by atoms with van der Waals surface area (Å²) in [7, 11) is 1.46. The zero-order valence-corrected chi connectivity index (χ0v) is 22.7. The van der Waals surface area contributed by atoms with E-state index in [-0.39, 0.29) is 36.6 Å². The van der Waals surface area contributed by atoms with Gasteiger partial charge in [0.15, 0.2) is 11.6 Å². The molecule has 0 saturated carbocycles. The van der Waals surface area contributed by atoms with Crippen LogP contribution in [0.2, 0.25) is 5.02 Å². The topological polar surface area (TPSA) is 114 Å². The largest absolute Gasteiger partial charge is 0.496 e. The quantitative estimate of drug-likeness (QED) is 0.358. The number of pyridine rings is 1. The number of rotatable bonds is 7. The van der Waals surface area contributed by atoms with Gasteiger partial charge in [-0.05, 0) is 60.5 Å². The highest BCUT2D eigenvalue weighted by Crippen LogP contribution is 2.28. The van der Waals surface area contributed by atoms with E-state index in [1.165, 1.54) is 13.3 Å². The first-order valence-corrected chi connectivity index (χ1v) is 13.0. The van der Waals surface area contributed by atoms with Crippen LogP contribution in [-0.4, -0.2) is 50.6 Å². The van der Waals surface area contributed by atoms with Crippen molar-refractivity contribution in [3.05, 3.63) is 112 Å². The summed E-state index contributed by atoms with van der Waals surface area (Å²) >= 11 is 6.19. The van der Waals surface area contributed by atoms with Crippen LogP contribution >= 0.6 is 11.6 Å². The fourth-order valence-corrected chi connectivity index (χ4v) is 4.87. The molecule has 0 fully saturated rings. The monoisotopic (exact) mass is 555 g/mol. The second-order valence-electron chi connectivity index (χ2n) is 9.45. The van der Waals surface area contributed by atoms with Gasteiger partial charge in [-0.1, -0.05) is 23.7 Å². The number of carbonyl (C=O) groups is 3. The third kappa shape index (κ3) is 5.84.